The summed E-state index contributed by atoms with van der Waals surface area (Å²) in [7, 11) is 0. The fourth-order valence-corrected chi connectivity index (χ4v) is 5.42. The van der Waals surface area contributed by atoms with Crippen molar-refractivity contribution in [1.82, 2.24) is 14.1 Å². The van der Waals surface area contributed by atoms with Gasteiger partial charge in [-0.2, -0.15) is 5.10 Å². The Bertz CT molecular complexity index is 1020. The molecule has 1 N–H and O–H groups in total. The molecule has 0 aliphatic carbocycles. The molecule has 1 atom stereocenters. The largest absolute Gasteiger partial charge is 0.491 e. The fraction of sp³-hybridized carbons (Fsp3) is 0.583. The lowest BCUT2D eigenvalue weighted by Crippen LogP contribution is -2.36. The number of benzene rings is 1. The van der Waals surface area contributed by atoms with Crippen molar-refractivity contribution in [2.75, 3.05) is 38.2 Å². The molecule has 34 heavy (non-hydrogen) atoms. The third-order valence-electron chi connectivity index (χ3n) is 6.05. The highest BCUT2D eigenvalue weighted by Gasteiger charge is 2.25. The first-order valence-electron chi connectivity index (χ1n) is 11.9. The molecule has 0 saturated carbocycles. The van der Waals surface area contributed by atoms with Gasteiger partial charge in [0.25, 0.3) is 5.56 Å². The quantitative estimate of drug-likeness (QED) is 0.501. The number of rotatable bonds is 8. The van der Waals surface area contributed by atoms with E-state index in [9.17, 15) is 9.18 Å². The van der Waals surface area contributed by atoms with Crippen LogP contribution in [0.1, 0.15) is 45.6 Å². The fourth-order valence-electron chi connectivity index (χ4n) is 4.27. The van der Waals surface area contributed by atoms with E-state index in [1.54, 1.807) is 18.3 Å². The molecule has 0 amide bonds. The summed E-state index contributed by atoms with van der Waals surface area (Å²) in [5, 5.41) is 7.85. The minimum absolute atomic E-state index is 0.00112. The maximum absolute atomic E-state index is 14.5. The van der Waals surface area contributed by atoms with Crippen LogP contribution in [0.3, 0.4) is 0 Å². The van der Waals surface area contributed by atoms with Gasteiger partial charge in [0.05, 0.1) is 35.5 Å². The van der Waals surface area contributed by atoms with E-state index in [1.165, 1.54) is 22.7 Å². The van der Waals surface area contributed by atoms with Crippen molar-refractivity contribution >= 4 is 29.2 Å². The van der Waals surface area contributed by atoms with Crippen LogP contribution >= 0.6 is 23.5 Å². The Labute approximate surface area is 209 Å². The molecule has 1 aromatic heterocycles. The molecular formula is C24H32ClFN4O3S. The van der Waals surface area contributed by atoms with Crippen molar-refractivity contribution in [2.24, 2.45) is 5.92 Å². The first kappa shape index (κ1) is 25.3. The number of aromatic nitrogens is 2. The second-order valence-corrected chi connectivity index (χ2v) is 10.6. The summed E-state index contributed by atoms with van der Waals surface area (Å²) in [5.41, 5.74) is 0.297. The van der Waals surface area contributed by atoms with E-state index in [0.29, 0.717) is 41.9 Å². The molecular weight excluding hydrogens is 479 g/mol. The molecule has 3 heterocycles. The van der Waals surface area contributed by atoms with Crippen LogP contribution in [0, 0.1) is 11.7 Å². The van der Waals surface area contributed by atoms with Gasteiger partial charge >= 0.3 is 0 Å². The Morgan fingerprint density at radius 1 is 1.32 bits per heavy atom. The summed E-state index contributed by atoms with van der Waals surface area (Å²) in [6.45, 7) is 7.51. The Balaban J connectivity index is 1.32. The van der Waals surface area contributed by atoms with Crippen molar-refractivity contribution < 1.29 is 13.9 Å². The van der Waals surface area contributed by atoms with Gasteiger partial charge in [-0.15, -0.1) is 0 Å². The molecule has 10 heteroatoms. The average molecular weight is 511 g/mol. The van der Waals surface area contributed by atoms with Crippen LogP contribution in [0.25, 0.3) is 0 Å². The summed E-state index contributed by atoms with van der Waals surface area (Å²) >= 11 is 7.79. The molecule has 186 valence electrons. The first-order chi connectivity index (χ1) is 16.4. The first-order valence-corrected chi connectivity index (χ1v) is 13.0. The molecule has 0 spiro atoms. The number of piperidine rings is 1. The van der Waals surface area contributed by atoms with Crippen LogP contribution in [-0.2, 0) is 4.74 Å². The zero-order chi connectivity index (χ0) is 24.1. The highest BCUT2D eigenvalue weighted by molar-refractivity contribution is 7.97. The maximum atomic E-state index is 14.5. The van der Waals surface area contributed by atoms with Crippen LogP contribution in [0.2, 0.25) is 5.02 Å². The number of nitrogens with zero attached hydrogens (tertiary/aromatic N) is 3. The molecule has 4 rings (SSSR count). The Hall–Kier alpha value is -1.81. The topological polar surface area (TPSA) is 68.6 Å². The third-order valence-corrected chi connectivity index (χ3v) is 7.57. The van der Waals surface area contributed by atoms with E-state index in [2.05, 4.69) is 14.7 Å². The van der Waals surface area contributed by atoms with Crippen molar-refractivity contribution in [1.29, 1.82) is 0 Å². The highest BCUT2D eigenvalue weighted by Crippen LogP contribution is 2.33. The number of halogens is 2. The van der Waals surface area contributed by atoms with Crippen molar-refractivity contribution in [3.05, 3.63) is 45.6 Å². The molecule has 1 unspecified atom stereocenters. The molecule has 1 aromatic carbocycles. The number of hydrogen-bond acceptors (Lipinski definition) is 7. The van der Waals surface area contributed by atoms with Gasteiger partial charge in [0.15, 0.2) is 0 Å². The standard InChI is InChI=1S/C24H32ClFN4O3S/c1-16(2)33-19-5-6-22(20(26)12-19)34-29-9-7-18(8-10-29)30-24(31)23(25)21(14-28-30)27-13-17-4-3-11-32-15-17/h5-6,12,14,16-18,27H,3-4,7-11,13,15H2,1-2H3. The third kappa shape index (κ3) is 6.44. The lowest BCUT2D eigenvalue weighted by atomic mass is 10.0. The summed E-state index contributed by atoms with van der Waals surface area (Å²) < 4.78 is 29.2. The summed E-state index contributed by atoms with van der Waals surface area (Å²) in [6, 6.07) is 4.94. The SMILES string of the molecule is CC(C)Oc1ccc(SN2CCC(n3ncc(NCC4CCCOC4)c(Cl)c3=O)CC2)c(F)c1. The van der Waals surface area contributed by atoms with E-state index in [1.807, 2.05) is 13.8 Å². The van der Waals surface area contributed by atoms with E-state index in [4.69, 9.17) is 21.1 Å². The zero-order valence-corrected chi connectivity index (χ0v) is 21.2. The van der Waals surface area contributed by atoms with E-state index in [-0.39, 0.29) is 28.5 Å². The summed E-state index contributed by atoms with van der Waals surface area (Å²) in [5.74, 6) is 0.651. The predicted molar refractivity (Wildman–Crippen MR) is 133 cm³/mol. The molecule has 2 aromatic rings. The van der Waals surface area contributed by atoms with Crippen molar-refractivity contribution in [3.63, 3.8) is 0 Å². The van der Waals surface area contributed by atoms with Gasteiger partial charge in [0, 0.05) is 32.3 Å². The van der Waals surface area contributed by atoms with E-state index >= 15 is 0 Å². The summed E-state index contributed by atoms with van der Waals surface area (Å²) in [4.78, 5) is 13.5. The molecule has 2 aliphatic heterocycles. The van der Waals surface area contributed by atoms with E-state index in [0.717, 1.165) is 38.9 Å². The molecule has 2 saturated heterocycles. The summed E-state index contributed by atoms with van der Waals surface area (Å²) in [6.07, 6.45) is 5.27. The number of anilines is 1. The maximum Gasteiger partial charge on any atom is 0.287 e. The Morgan fingerprint density at radius 2 is 2.12 bits per heavy atom. The smallest absolute Gasteiger partial charge is 0.287 e. The molecule has 2 aliphatic rings. The minimum Gasteiger partial charge on any atom is -0.491 e. The average Bonchev–Trinajstić information content (AvgIpc) is 2.83. The van der Waals surface area contributed by atoms with Gasteiger partial charge in [0.2, 0.25) is 0 Å². The zero-order valence-electron chi connectivity index (χ0n) is 19.6. The predicted octanol–water partition coefficient (Wildman–Crippen LogP) is 5.01. The van der Waals surface area contributed by atoms with Crippen LogP contribution in [0.4, 0.5) is 10.1 Å². The second-order valence-electron chi connectivity index (χ2n) is 9.10. The van der Waals surface area contributed by atoms with Gasteiger partial charge in [-0.1, -0.05) is 11.6 Å². The monoisotopic (exact) mass is 510 g/mol. The number of hydrogen-bond donors (Lipinski definition) is 1. The minimum atomic E-state index is -0.294. The Kier molecular flexibility index (Phi) is 8.74. The lowest BCUT2D eigenvalue weighted by Gasteiger charge is -2.31. The van der Waals surface area contributed by atoms with Crippen molar-refractivity contribution in [2.45, 2.75) is 56.6 Å². The van der Waals surface area contributed by atoms with Gasteiger partial charge in [-0.25, -0.2) is 13.4 Å². The van der Waals surface area contributed by atoms with Gasteiger partial charge in [-0.05, 0) is 69.5 Å². The van der Waals surface area contributed by atoms with Gasteiger partial charge < -0.3 is 14.8 Å². The van der Waals surface area contributed by atoms with Gasteiger partial charge in [0.1, 0.15) is 16.6 Å². The molecule has 2 fully saturated rings. The molecule has 0 bridgehead atoms. The van der Waals surface area contributed by atoms with Gasteiger partial charge in [-0.3, -0.25) is 4.79 Å². The van der Waals surface area contributed by atoms with Crippen LogP contribution in [-0.4, -0.2) is 53.0 Å². The van der Waals surface area contributed by atoms with Crippen LogP contribution in [0.15, 0.2) is 34.1 Å². The number of nitrogens with one attached hydrogen (secondary N) is 1. The normalized spacial score (nSPS) is 20.0. The molecule has 0 radical (unpaired) electrons. The highest BCUT2D eigenvalue weighted by atomic mass is 35.5. The lowest BCUT2D eigenvalue weighted by molar-refractivity contribution is 0.0595. The van der Waals surface area contributed by atoms with E-state index < -0.39 is 0 Å². The van der Waals surface area contributed by atoms with Crippen LogP contribution in [0.5, 0.6) is 5.75 Å². The second kappa shape index (κ2) is 11.7. The van der Waals surface area contributed by atoms with Crippen LogP contribution < -0.4 is 15.6 Å². The van der Waals surface area contributed by atoms with Crippen molar-refractivity contribution in [3.8, 4) is 5.75 Å². The Morgan fingerprint density at radius 3 is 2.79 bits per heavy atom. The number of ether oxygens (including phenoxy) is 2. The molecule has 7 nitrogen and oxygen atoms in total.